The van der Waals surface area contributed by atoms with Gasteiger partial charge >= 0.3 is 5.97 Å². The van der Waals surface area contributed by atoms with Crippen LogP contribution in [0.4, 0.5) is 0 Å². The van der Waals surface area contributed by atoms with Gasteiger partial charge in [0, 0.05) is 18.3 Å². The van der Waals surface area contributed by atoms with Crippen molar-refractivity contribution in [2.45, 2.75) is 33.4 Å². The summed E-state index contributed by atoms with van der Waals surface area (Å²) in [5.74, 6) is 0.266. The van der Waals surface area contributed by atoms with Crippen LogP contribution >= 0.6 is 0 Å². The van der Waals surface area contributed by atoms with Crippen LogP contribution in [0, 0.1) is 13.8 Å². The van der Waals surface area contributed by atoms with Crippen molar-refractivity contribution in [2.75, 3.05) is 7.11 Å². The molecule has 0 fully saturated rings. The number of Topliss-reactive ketones (excluding diaryl/α,β-unsaturated/α-hetero) is 1. The number of nitrogens with zero attached hydrogens (tertiary/aromatic N) is 1. The highest BCUT2D eigenvalue weighted by Crippen LogP contribution is 2.23. The predicted octanol–water partition coefficient (Wildman–Crippen LogP) is 2.38. The van der Waals surface area contributed by atoms with Crippen LogP contribution in [-0.2, 0) is 18.3 Å². The van der Waals surface area contributed by atoms with Crippen LogP contribution in [0.15, 0.2) is 22.8 Å². The summed E-state index contributed by atoms with van der Waals surface area (Å²) in [6, 6.07) is 3.25. The number of methoxy groups -OCH3 is 1. The van der Waals surface area contributed by atoms with E-state index in [-0.39, 0.29) is 5.78 Å². The Labute approximate surface area is 135 Å². The third kappa shape index (κ3) is 3.22. The molecular weight excluding hydrogens is 296 g/mol. The van der Waals surface area contributed by atoms with Crippen molar-refractivity contribution in [2.24, 2.45) is 7.05 Å². The Hall–Kier alpha value is -2.34. The van der Waals surface area contributed by atoms with Crippen molar-refractivity contribution >= 4 is 11.8 Å². The van der Waals surface area contributed by atoms with Gasteiger partial charge in [-0.05, 0) is 38.5 Å². The summed E-state index contributed by atoms with van der Waals surface area (Å²) in [6.45, 7) is 5.86. The minimum Gasteiger partial charge on any atom is -0.468 e. The quantitative estimate of drug-likeness (QED) is 0.654. The predicted molar refractivity (Wildman–Crippen MR) is 85.6 cm³/mol. The molecule has 0 saturated heterocycles. The maximum Gasteiger partial charge on any atom is 0.354 e. The summed E-state index contributed by atoms with van der Waals surface area (Å²) in [6.07, 6.45) is 1.59. The molecule has 23 heavy (non-hydrogen) atoms. The Kier molecular flexibility index (Phi) is 5.05. The molecule has 0 bridgehead atoms. The Bertz CT molecular complexity index is 714. The van der Waals surface area contributed by atoms with E-state index in [1.165, 1.54) is 7.11 Å². The summed E-state index contributed by atoms with van der Waals surface area (Å²) >= 11 is 0. The molecule has 0 radical (unpaired) electrons. The molecule has 2 aromatic rings. The number of hydrogen-bond donors (Lipinski definition) is 1. The summed E-state index contributed by atoms with van der Waals surface area (Å²) in [4.78, 5) is 24.7. The zero-order chi connectivity index (χ0) is 17.1. The number of ketones is 1. The van der Waals surface area contributed by atoms with Gasteiger partial charge in [-0.3, -0.25) is 4.79 Å². The van der Waals surface area contributed by atoms with Crippen LogP contribution in [0.1, 0.15) is 44.8 Å². The first-order valence-corrected chi connectivity index (χ1v) is 7.42. The SMILES string of the molecule is COC(=O)c1c(C)c(C(=O)C(C)NCc2ccco2)c(C)n1C. The molecule has 124 valence electrons. The second-order valence-electron chi connectivity index (χ2n) is 5.53. The highest BCUT2D eigenvalue weighted by Gasteiger charge is 2.27. The molecular formula is C17H22N2O4. The zero-order valence-electron chi connectivity index (χ0n) is 14.1. The van der Waals surface area contributed by atoms with Gasteiger partial charge in [-0.15, -0.1) is 0 Å². The van der Waals surface area contributed by atoms with E-state index in [0.29, 0.717) is 23.4 Å². The fourth-order valence-corrected chi connectivity index (χ4v) is 2.70. The van der Waals surface area contributed by atoms with Gasteiger partial charge in [0.2, 0.25) is 0 Å². The van der Waals surface area contributed by atoms with Crippen LogP contribution in [0.2, 0.25) is 0 Å². The average molecular weight is 318 g/mol. The van der Waals surface area contributed by atoms with E-state index in [0.717, 1.165) is 11.5 Å². The van der Waals surface area contributed by atoms with E-state index in [1.54, 1.807) is 37.8 Å². The third-order valence-corrected chi connectivity index (χ3v) is 4.11. The molecule has 0 aliphatic rings. The minimum absolute atomic E-state index is 0.0580. The van der Waals surface area contributed by atoms with E-state index in [9.17, 15) is 9.59 Å². The number of rotatable bonds is 6. The molecule has 0 aliphatic heterocycles. The molecule has 0 saturated carbocycles. The Balaban J connectivity index is 2.23. The van der Waals surface area contributed by atoms with Gasteiger partial charge < -0.3 is 19.0 Å². The molecule has 1 N–H and O–H groups in total. The number of ether oxygens (including phenoxy) is 1. The lowest BCUT2D eigenvalue weighted by Gasteiger charge is -2.12. The number of carbonyl (C=O) groups excluding carboxylic acids is 2. The zero-order valence-corrected chi connectivity index (χ0v) is 14.1. The first-order valence-electron chi connectivity index (χ1n) is 7.42. The standard InChI is InChI=1S/C17H22N2O4/c1-10-14(12(3)19(4)15(10)17(21)22-5)16(20)11(2)18-9-13-7-6-8-23-13/h6-8,11,18H,9H2,1-5H3. The van der Waals surface area contributed by atoms with Crippen molar-refractivity contribution in [1.82, 2.24) is 9.88 Å². The van der Waals surface area contributed by atoms with E-state index in [2.05, 4.69) is 5.32 Å². The number of aromatic nitrogens is 1. The second-order valence-corrected chi connectivity index (χ2v) is 5.53. The van der Waals surface area contributed by atoms with Gasteiger partial charge in [-0.25, -0.2) is 4.79 Å². The smallest absolute Gasteiger partial charge is 0.354 e. The third-order valence-electron chi connectivity index (χ3n) is 4.11. The Morgan fingerprint density at radius 1 is 1.39 bits per heavy atom. The lowest BCUT2D eigenvalue weighted by molar-refractivity contribution is 0.0588. The van der Waals surface area contributed by atoms with Crippen molar-refractivity contribution < 1.29 is 18.7 Å². The van der Waals surface area contributed by atoms with Crippen LogP contribution in [0.5, 0.6) is 0 Å². The Morgan fingerprint density at radius 3 is 2.65 bits per heavy atom. The molecule has 6 nitrogen and oxygen atoms in total. The fraction of sp³-hybridized carbons (Fsp3) is 0.412. The summed E-state index contributed by atoms with van der Waals surface area (Å²) in [5.41, 5.74) is 2.37. The van der Waals surface area contributed by atoms with Gasteiger partial charge in [0.15, 0.2) is 5.78 Å². The monoisotopic (exact) mass is 318 g/mol. The van der Waals surface area contributed by atoms with Crippen LogP contribution in [0.3, 0.4) is 0 Å². The Morgan fingerprint density at radius 2 is 2.09 bits per heavy atom. The van der Waals surface area contributed by atoms with Crippen LogP contribution in [0.25, 0.3) is 0 Å². The highest BCUT2D eigenvalue weighted by atomic mass is 16.5. The first-order chi connectivity index (χ1) is 10.9. The minimum atomic E-state index is -0.441. The topological polar surface area (TPSA) is 73.5 Å². The molecule has 2 aromatic heterocycles. The van der Waals surface area contributed by atoms with Gasteiger partial charge in [-0.1, -0.05) is 0 Å². The molecule has 2 heterocycles. The van der Waals surface area contributed by atoms with E-state index in [1.807, 2.05) is 13.0 Å². The maximum absolute atomic E-state index is 12.8. The number of furan rings is 1. The van der Waals surface area contributed by atoms with Gasteiger partial charge in [0.25, 0.3) is 0 Å². The summed E-state index contributed by atoms with van der Waals surface area (Å²) in [5, 5.41) is 3.14. The second kappa shape index (κ2) is 6.83. The fourth-order valence-electron chi connectivity index (χ4n) is 2.70. The maximum atomic E-state index is 12.8. The van der Waals surface area contributed by atoms with Crippen molar-refractivity contribution in [3.63, 3.8) is 0 Å². The summed E-state index contributed by atoms with van der Waals surface area (Å²) < 4.78 is 11.8. The highest BCUT2D eigenvalue weighted by molar-refractivity contribution is 6.05. The molecule has 1 atom stereocenters. The summed E-state index contributed by atoms with van der Waals surface area (Å²) in [7, 11) is 3.09. The normalized spacial score (nSPS) is 12.2. The van der Waals surface area contributed by atoms with Crippen molar-refractivity contribution in [3.05, 3.63) is 46.7 Å². The number of hydrogen-bond acceptors (Lipinski definition) is 5. The molecule has 2 rings (SSSR count). The number of nitrogens with one attached hydrogen (secondary N) is 1. The molecule has 0 spiro atoms. The van der Waals surface area contributed by atoms with Gasteiger partial charge in [0.05, 0.1) is 26.0 Å². The molecule has 0 amide bonds. The van der Waals surface area contributed by atoms with Gasteiger partial charge in [0.1, 0.15) is 11.5 Å². The largest absolute Gasteiger partial charge is 0.468 e. The van der Waals surface area contributed by atoms with E-state index in [4.69, 9.17) is 9.15 Å². The first kappa shape index (κ1) is 17.0. The lowest BCUT2D eigenvalue weighted by Crippen LogP contribution is -2.34. The molecule has 1 unspecified atom stereocenters. The average Bonchev–Trinajstić information content (AvgIpc) is 3.12. The number of esters is 1. The van der Waals surface area contributed by atoms with Crippen LogP contribution < -0.4 is 5.32 Å². The van der Waals surface area contributed by atoms with Crippen molar-refractivity contribution in [3.8, 4) is 0 Å². The lowest BCUT2D eigenvalue weighted by atomic mass is 10.0. The molecule has 0 aromatic carbocycles. The van der Waals surface area contributed by atoms with Gasteiger partial charge in [-0.2, -0.15) is 0 Å². The van der Waals surface area contributed by atoms with Crippen LogP contribution in [-0.4, -0.2) is 29.5 Å². The van der Waals surface area contributed by atoms with E-state index >= 15 is 0 Å². The molecule has 6 heteroatoms. The molecule has 0 aliphatic carbocycles. The van der Waals surface area contributed by atoms with Crippen molar-refractivity contribution in [1.29, 1.82) is 0 Å². The van der Waals surface area contributed by atoms with E-state index < -0.39 is 12.0 Å². The number of carbonyl (C=O) groups is 2.